The van der Waals surface area contributed by atoms with Gasteiger partial charge >= 0.3 is 0 Å². The Balaban J connectivity index is 0. The molecule has 74 valence electrons. The molecule has 0 heterocycles. The Labute approximate surface area is 74.6 Å². The highest BCUT2D eigenvalue weighted by atomic mass is 32.2. The van der Waals surface area contributed by atoms with Gasteiger partial charge in [-0.2, -0.15) is 8.42 Å². The lowest BCUT2D eigenvalue weighted by atomic mass is 10.7. The van der Waals surface area contributed by atoms with Gasteiger partial charge in [-0.25, -0.2) is 0 Å². The van der Waals surface area contributed by atoms with E-state index >= 15 is 0 Å². The van der Waals surface area contributed by atoms with Crippen molar-refractivity contribution in [3.8, 4) is 0 Å². The van der Waals surface area contributed by atoms with Crippen molar-refractivity contribution in [2.75, 3.05) is 26.4 Å². The highest BCUT2D eigenvalue weighted by Gasteiger charge is 2.03. The zero-order chi connectivity index (χ0) is 10.2. The van der Waals surface area contributed by atoms with Gasteiger partial charge in [-0.15, -0.1) is 6.58 Å². The van der Waals surface area contributed by atoms with Gasteiger partial charge in [0, 0.05) is 6.54 Å². The normalized spacial score (nSPS) is 10.4. The Hall–Kier alpha value is -0.390. The lowest BCUT2D eigenvalue weighted by molar-refractivity contribution is 0.418. The quantitative estimate of drug-likeness (QED) is 0.530. The molecule has 0 amide bonds. The van der Waals surface area contributed by atoms with Crippen molar-refractivity contribution >= 4 is 10.1 Å². The average molecular weight is 195 g/mol. The van der Waals surface area contributed by atoms with Gasteiger partial charge in [0.05, 0.1) is 5.75 Å². The molecule has 12 heavy (non-hydrogen) atoms. The van der Waals surface area contributed by atoms with Gasteiger partial charge < -0.3 is 4.90 Å². The van der Waals surface area contributed by atoms with Crippen molar-refractivity contribution in [1.82, 2.24) is 4.90 Å². The maximum Gasteiger partial charge on any atom is 0.266 e. The second-order valence-corrected chi connectivity index (χ2v) is 4.07. The van der Waals surface area contributed by atoms with Crippen LogP contribution in [-0.2, 0) is 10.1 Å². The number of allylic oxidation sites excluding steroid dienone is 1. The molecule has 0 aliphatic rings. The molecule has 5 heteroatoms. The summed E-state index contributed by atoms with van der Waals surface area (Å²) in [4.78, 5) is 1.69. The number of rotatable bonds is 3. The van der Waals surface area contributed by atoms with Crippen LogP contribution in [0.15, 0.2) is 12.7 Å². The molecule has 0 radical (unpaired) electrons. The van der Waals surface area contributed by atoms with Crippen molar-refractivity contribution in [3.63, 3.8) is 0 Å². The van der Waals surface area contributed by atoms with Crippen LogP contribution in [0, 0.1) is 0 Å². The molecule has 0 saturated carbocycles. The van der Waals surface area contributed by atoms with Crippen LogP contribution in [0.5, 0.6) is 0 Å². The Kier molecular flexibility index (Phi) is 8.57. The molecule has 0 saturated heterocycles. The van der Waals surface area contributed by atoms with E-state index in [9.17, 15) is 8.42 Å². The van der Waals surface area contributed by atoms with E-state index in [0.717, 1.165) is 0 Å². The highest BCUT2D eigenvalue weighted by molar-refractivity contribution is 7.85. The van der Waals surface area contributed by atoms with Crippen molar-refractivity contribution in [3.05, 3.63) is 12.7 Å². The van der Waals surface area contributed by atoms with Gasteiger partial charge in [0.15, 0.2) is 0 Å². The molecular weight excluding hydrogens is 178 g/mol. The highest BCUT2D eigenvalue weighted by Crippen LogP contribution is 1.82. The monoisotopic (exact) mass is 195 g/mol. The van der Waals surface area contributed by atoms with Gasteiger partial charge in [0.2, 0.25) is 0 Å². The summed E-state index contributed by atoms with van der Waals surface area (Å²) >= 11 is 0. The molecule has 0 rings (SSSR count). The molecule has 0 fully saturated rings. The first kappa shape index (κ1) is 14.2. The predicted molar refractivity (Wildman–Crippen MR) is 50.8 cm³/mol. The first-order chi connectivity index (χ1) is 5.33. The molecule has 0 spiro atoms. The summed E-state index contributed by atoms with van der Waals surface area (Å²) in [6.45, 7) is 5.61. The van der Waals surface area contributed by atoms with Crippen LogP contribution in [0.25, 0.3) is 0 Å². The third kappa shape index (κ3) is 22.6. The lowest BCUT2D eigenvalue weighted by Gasteiger charge is -2.05. The first-order valence-electron chi connectivity index (χ1n) is 3.50. The topological polar surface area (TPSA) is 57.6 Å². The molecule has 0 bridgehead atoms. The van der Waals surface area contributed by atoms with Crippen LogP contribution in [0.2, 0.25) is 0 Å². The van der Waals surface area contributed by atoms with Crippen molar-refractivity contribution in [2.45, 2.75) is 6.92 Å². The molecule has 0 unspecified atom stereocenters. The van der Waals surface area contributed by atoms with Crippen LogP contribution < -0.4 is 0 Å². The van der Waals surface area contributed by atoms with E-state index in [0.29, 0.717) is 6.54 Å². The smallest absolute Gasteiger partial charge is 0.266 e. The van der Waals surface area contributed by atoms with Gasteiger partial charge in [0.1, 0.15) is 0 Å². The van der Waals surface area contributed by atoms with Crippen molar-refractivity contribution < 1.29 is 13.0 Å². The second kappa shape index (κ2) is 7.27. The fourth-order valence-electron chi connectivity index (χ4n) is 0.298. The number of nitrogens with zero attached hydrogens (tertiary/aromatic N) is 1. The Bertz CT molecular complexity index is 197. The summed E-state index contributed by atoms with van der Waals surface area (Å²) in [6, 6.07) is 0. The molecule has 0 atom stereocenters. The maximum absolute atomic E-state index is 10.1. The summed E-state index contributed by atoms with van der Waals surface area (Å²) in [6.07, 6.45) is 1.75. The first-order valence-corrected chi connectivity index (χ1v) is 5.11. The minimum absolute atomic E-state index is 0.194. The van der Waals surface area contributed by atoms with Gasteiger partial charge in [0.25, 0.3) is 10.1 Å². The molecule has 0 aromatic heterocycles. The van der Waals surface area contributed by atoms with Crippen molar-refractivity contribution in [1.29, 1.82) is 0 Å². The van der Waals surface area contributed by atoms with Crippen LogP contribution in [0.3, 0.4) is 0 Å². The zero-order valence-electron chi connectivity index (χ0n) is 7.82. The molecule has 0 aliphatic heterocycles. The van der Waals surface area contributed by atoms with Gasteiger partial charge in [-0.1, -0.05) is 6.08 Å². The van der Waals surface area contributed by atoms with E-state index in [1.165, 1.54) is 0 Å². The van der Waals surface area contributed by atoms with E-state index in [4.69, 9.17) is 4.55 Å². The van der Waals surface area contributed by atoms with Crippen LogP contribution in [0.1, 0.15) is 6.92 Å². The van der Waals surface area contributed by atoms with E-state index in [1.54, 1.807) is 25.1 Å². The molecule has 0 aromatic carbocycles. The predicted octanol–water partition coefficient (Wildman–Crippen LogP) is 0.628. The molecule has 0 aliphatic carbocycles. The molecule has 0 aromatic rings. The van der Waals surface area contributed by atoms with Gasteiger partial charge in [-0.3, -0.25) is 4.55 Å². The minimum atomic E-state index is -3.76. The number of hydrogen-bond acceptors (Lipinski definition) is 3. The fraction of sp³-hybridized carbons (Fsp3) is 0.714. The third-order valence-corrected chi connectivity index (χ3v) is 1.49. The van der Waals surface area contributed by atoms with E-state index in [2.05, 4.69) is 6.58 Å². The van der Waals surface area contributed by atoms with Crippen LogP contribution in [0.4, 0.5) is 0 Å². The van der Waals surface area contributed by atoms with Gasteiger partial charge in [-0.05, 0) is 21.0 Å². The lowest BCUT2D eigenvalue weighted by Crippen LogP contribution is -2.21. The standard InChI is InChI=1S/C4H11NO3S.C3H6/c1-5(2)3-4-9(6,7)8;1-3-2/h3-4H2,1-2H3,(H,6,7,8);3H,1H2,2H3. The Morgan fingerprint density at radius 1 is 1.50 bits per heavy atom. The van der Waals surface area contributed by atoms with Crippen LogP contribution >= 0.6 is 0 Å². The zero-order valence-corrected chi connectivity index (χ0v) is 8.63. The molecular formula is C7H17NO3S. The molecule has 1 N–H and O–H groups in total. The minimum Gasteiger partial charge on any atom is -0.308 e. The van der Waals surface area contributed by atoms with Crippen LogP contribution in [-0.4, -0.2) is 44.3 Å². The molecule has 4 nitrogen and oxygen atoms in total. The fourth-order valence-corrected chi connectivity index (χ4v) is 0.894. The summed E-state index contributed by atoms with van der Waals surface area (Å²) in [7, 11) is -0.278. The summed E-state index contributed by atoms with van der Waals surface area (Å²) in [5.74, 6) is -0.194. The Morgan fingerprint density at radius 3 is 1.92 bits per heavy atom. The Morgan fingerprint density at radius 2 is 1.83 bits per heavy atom. The number of hydrogen-bond donors (Lipinski definition) is 1. The summed E-state index contributed by atoms with van der Waals surface area (Å²) < 4.78 is 28.3. The second-order valence-electron chi connectivity index (χ2n) is 2.50. The average Bonchev–Trinajstić information content (AvgIpc) is 1.84. The summed E-state index contributed by atoms with van der Waals surface area (Å²) in [5, 5.41) is 0. The third-order valence-electron chi connectivity index (χ3n) is 0.796. The summed E-state index contributed by atoms with van der Waals surface area (Å²) in [5.41, 5.74) is 0. The van der Waals surface area contributed by atoms with E-state index in [1.807, 2.05) is 6.92 Å². The SMILES string of the molecule is C=CC.CN(C)CCS(=O)(=O)O. The van der Waals surface area contributed by atoms with E-state index in [-0.39, 0.29) is 5.75 Å². The maximum atomic E-state index is 10.1. The largest absolute Gasteiger partial charge is 0.308 e. The van der Waals surface area contributed by atoms with E-state index < -0.39 is 10.1 Å². The van der Waals surface area contributed by atoms with Crippen molar-refractivity contribution in [2.24, 2.45) is 0 Å².